The van der Waals surface area contributed by atoms with E-state index < -0.39 is 0 Å². The summed E-state index contributed by atoms with van der Waals surface area (Å²) < 4.78 is 1.33. The van der Waals surface area contributed by atoms with Gasteiger partial charge >= 0.3 is 0 Å². The number of nitrogens with zero attached hydrogens (tertiary/aromatic N) is 1. The number of carbonyl (C=O) groups excluding carboxylic acids is 1. The van der Waals surface area contributed by atoms with Gasteiger partial charge in [-0.2, -0.15) is 0 Å². The molecule has 0 aliphatic carbocycles. The average Bonchev–Trinajstić information content (AvgIpc) is 2.59. The van der Waals surface area contributed by atoms with Gasteiger partial charge in [-0.15, -0.1) is 6.42 Å². The van der Waals surface area contributed by atoms with Gasteiger partial charge in [-0.25, -0.2) is 0 Å². The number of aromatic nitrogens is 1. The van der Waals surface area contributed by atoms with Crippen molar-refractivity contribution in [3.63, 3.8) is 0 Å². The SMILES string of the molecule is C#CCn1c(C(=O)Nc2ccc(C)cc2)cc2ccccc2c1=O. The molecule has 118 valence electrons. The van der Waals surface area contributed by atoms with Gasteiger partial charge in [0.2, 0.25) is 0 Å². The summed E-state index contributed by atoms with van der Waals surface area (Å²) in [4.78, 5) is 25.3. The number of aryl methyl sites for hydroxylation is 1. The van der Waals surface area contributed by atoms with Crippen LogP contribution in [0.3, 0.4) is 0 Å². The van der Waals surface area contributed by atoms with E-state index in [2.05, 4.69) is 11.2 Å². The van der Waals surface area contributed by atoms with Crippen LogP contribution in [-0.4, -0.2) is 10.5 Å². The summed E-state index contributed by atoms with van der Waals surface area (Å²) in [5.74, 6) is 2.08. The maximum Gasteiger partial charge on any atom is 0.272 e. The molecule has 0 bridgehead atoms. The molecule has 1 aromatic heterocycles. The van der Waals surface area contributed by atoms with Crippen molar-refractivity contribution >= 4 is 22.4 Å². The highest BCUT2D eigenvalue weighted by molar-refractivity contribution is 6.05. The molecule has 3 aromatic rings. The molecule has 1 heterocycles. The van der Waals surface area contributed by atoms with Gasteiger partial charge < -0.3 is 5.32 Å². The Labute approximate surface area is 139 Å². The van der Waals surface area contributed by atoms with Crippen LogP contribution in [0.25, 0.3) is 10.8 Å². The van der Waals surface area contributed by atoms with Crippen LogP contribution in [-0.2, 0) is 6.54 Å². The lowest BCUT2D eigenvalue weighted by Gasteiger charge is -2.12. The summed E-state index contributed by atoms with van der Waals surface area (Å²) in [6, 6.07) is 16.3. The Morgan fingerprint density at radius 1 is 1.17 bits per heavy atom. The number of nitrogens with one attached hydrogen (secondary N) is 1. The minimum Gasteiger partial charge on any atom is -0.321 e. The first-order valence-electron chi connectivity index (χ1n) is 7.54. The highest BCUT2D eigenvalue weighted by Crippen LogP contribution is 2.15. The number of carbonyl (C=O) groups is 1. The topological polar surface area (TPSA) is 51.1 Å². The molecule has 24 heavy (non-hydrogen) atoms. The van der Waals surface area contributed by atoms with E-state index in [0.29, 0.717) is 16.5 Å². The lowest BCUT2D eigenvalue weighted by Crippen LogP contribution is -2.28. The third-order valence-electron chi connectivity index (χ3n) is 3.81. The van der Waals surface area contributed by atoms with E-state index in [4.69, 9.17) is 6.42 Å². The highest BCUT2D eigenvalue weighted by Gasteiger charge is 2.15. The molecule has 4 nitrogen and oxygen atoms in total. The standard InChI is InChI=1S/C20H16N2O2/c1-3-12-22-18(13-15-6-4-5-7-17(15)20(22)24)19(23)21-16-10-8-14(2)9-11-16/h1,4-11,13H,12H2,2H3,(H,21,23). The van der Waals surface area contributed by atoms with Gasteiger partial charge in [0.1, 0.15) is 5.69 Å². The Morgan fingerprint density at radius 2 is 1.88 bits per heavy atom. The van der Waals surface area contributed by atoms with Crippen molar-refractivity contribution in [1.82, 2.24) is 4.57 Å². The number of hydrogen-bond acceptors (Lipinski definition) is 2. The summed E-state index contributed by atoms with van der Waals surface area (Å²) in [6.45, 7) is 2.01. The average molecular weight is 316 g/mol. The molecule has 0 atom stereocenters. The molecule has 0 saturated heterocycles. The van der Waals surface area contributed by atoms with Crippen LogP contribution in [0.4, 0.5) is 5.69 Å². The van der Waals surface area contributed by atoms with E-state index in [-0.39, 0.29) is 23.7 Å². The number of hydrogen-bond donors (Lipinski definition) is 1. The second kappa shape index (κ2) is 6.43. The first kappa shape index (κ1) is 15.6. The first-order valence-corrected chi connectivity index (χ1v) is 7.54. The molecule has 2 aromatic carbocycles. The van der Waals surface area contributed by atoms with Gasteiger partial charge in [-0.3, -0.25) is 14.2 Å². The summed E-state index contributed by atoms with van der Waals surface area (Å²) in [5, 5.41) is 4.06. The fourth-order valence-electron chi connectivity index (χ4n) is 2.57. The quantitative estimate of drug-likeness (QED) is 0.754. The second-order valence-corrected chi connectivity index (χ2v) is 5.53. The number of anilines is 1. The molecule has 0 radical (unpaired) electrons. The van der Waals surface area contributed by atoms with E-state index in [0.717, 1.165) is 5.56 Å². The number of rotatable bonds is 3. The van der Waals surface area contributed by atoms with Crippen LogP contribution in [0.15, 0.2) is 59.4 Å². The lowest BCUT2D eigenvalue weighted by atomic mass is 10.1. The maximum atomic E-state index is 12.7. The third kappa shape index (κ3) is 2.92. The molecule has 0 unspecified atom stereocenters. The van der Waals surface area contributed by atoms with E-state index in [1.54, 1.807) is 24.3 Å². The summed E-state index contributed by atoms with van der Waals surface area (Å²) in [7, 11) is 0. The molecule has 0 spiro atoms. The van der Waals surface area contributed by atoms with Gasteiger partial charge in [0, 0.05) is 11.1 Å². The van der Waals surface area contributed by atoms with Crippen molar-refractivity contribution in [2.45, 2.75) is 13.5 Å². The lowest BCUT2D eigenvalue weighted by molar-refractivity contribution is 0.101. The molecule has 0 aliphatic rings. The van der Waals surface area contributed by atoms with Gasteiger partial charge in [-0.05, 0) is 36.6 Å². The Morgan fingerprint density at radius 3 is 2.58 bits per heavy atom. The van der Waals surface area contributed by atoms with Crippen LogP contribution < -0.4 is 10.9 Å². The zero-order valence-corrected chi connectivity index (χ0v) is 13.2. The summed E-state index contributed by atoms with van der Waals surface area (Å²) in [5.41, 5.74) is 1.75. The predicted molar refractivity (Wildman–Crippen MR) is 96.2 cm³/mol. The second-order valence-electron chi connectivity index (χ2n) is 5.53. The maximum absolute atomic E-state index is 12.7. The fraction of sp³-hybridized carbons (Fsp3) is 0.100. The molecule has 0 saturated carbocycles. The largest absolute Gasteiger partial charge is 0.321 e. The number of fused-ring (bicyclic) bond motifs is 1. The summed E-state index contributed by atoms with van der Waals surface area (Å²) in [6.07, 6.45) is 5.37. The van der Waals surface area contributed by atoms with Gasteiger partial charge in [-0.1, -0.05) is 41.8 Å². The van der Waals surface area contributed by atoms with Crippen molar-refractivity contribution in [2.24, 2.45) is 0 Å². The fourth-order valence-corrected chi connectivity index (χ4v) is 2.57. The Kier molecular flexibility index (Phi) is 4.17. The molecule has 1 N–H and O–H groups in total. The molecule has 0 aliphatic heterocycles. The van der Waals surface area contributed by atoms with E-state index in [1.807, 2.05) is 37.3 Å². The predicted octanol–water partition coefficient (Wildman–Crippen LogP) is 3.20. The van der Waals surface area contributed by atoms with Crippen molar-refractivity contribution in [3.05, 3.63) is 76.2 Å². The minimum absolute atomic E-state index is 0.0420. The Balaban J connectivity index is 2.08. The monoisotopic (exact) mass is 316 g/mol. The molecule has 4 heteroatoms. The Bertz CT molecular complexity index is 1010. The van der Waals surface area contributed by atoms with Crippen molar-refractivity contribution < 1.29 is 4.79 Å². The third-order valence-corrected chi connectivity index (χ3v) is 3.81. The number of amides is 1. The zero-order chi connectivity index (χ0) is 17.1. The minimum atomic E-state index is -0.364. The molecule has 1 amide bonds. The van der Waals surface area contributed by atoms with E-state index >= 15 is 0 Å². The highest BCUT2D eigenvalue weighted by atomic mass is 16.2. The smallest absolute Gasteiger partial charge is 0.272 e. The van der Waals surface area contributed by atoms with Crippen LogP contribution in [0, 0.1) is 19.3 Å². The van der Waals surface area contributed by atoms with Crippen LogP contribution in [0.1, 0.15) is 16.1 Å². The number of benzene rings is 2. The van der Waals surface area contributed by atoms with Crippen LogP contribution in [0.2, 0.25) is 0 Å². The molecular weight excluding hydrogens is 300 g/mol. The van der Waals surface area contributed by atoms with Crippen LogP contribution in [0.5, 0.6) is 0 Å². The van der Waals surface area contributed by atoms with Gasteiger partial charge in [0.05, 0.1) is 6.54 Å². The summed E-state index contributed by atoms with van der Waals surface area (Å²) >= 11 is 0. The van der Waals surface area contributed by atoms with Crippen molar-refractivity contribution in [3.8, 4) is 12.3 Å². The van der Waals surface area contributed by atoms with Gasteiger partial charge in [0.25, 0.3) is 11.5 Å². The van der Waals surface area contributed by atoms with Gasteiger partial charge in [0.15, 0.2) is 0 Å². The molecular formula is C20H16N2O2. The number of pyridine rings is 1. The van der Waals surface area contributed by atoms with E-state index in [1.165, 1.54) is 4.57 Å². The molecule has 0 fully saturated rings. The van der Waals surface area contributed by atoms with Crippen LogP contribution >= 0.6 is 0 Å². The first-order chi connectivity index (χ1) is 11.6. The van der Waals surface area contributed by atoms with Crippen molar-refractivity contribution in [1.29, 1.82) is 0 Å². The normalized spacial score (nSPS) is 10.3. The number of terminal acetylenes is 1. The van der Waals surface area contributed by atoms with Crippen molar-refractivity contribution in [2.75, 3.05) is 5.32 Å². The molecule has 3 rings (SSSR count). The zero-order valence-electron chi connectivity index (χ0n) is 13.2. The van der Waals surface area contributed by atoms with E-state index in [9.17, 15) is 9.59 Å². The Hall–Kier alpha value is -3.32.